The first-order chi connectivity index (χ1) is 17.9. The molecule has 5 nitrogen and oxygen atoms in total. The first-order valence-electron chi connectivity index (χ1n) is 12.1. The molecular formula is C29H27F3N4O. The highest BCUT2D eigenvalue weighted by atomic mass is 19.4. The van der Waals surface area contributed by atoms with Crippen LogP contribution in [0.4, 0.5) is 19.1 Å². The molecule has 0 saturated carbocycles. The molecule has 5 rings (SSSR count). The summed E-state index contributed by atoms with van der Waals surface area (Å²) in [6.07, 6.45) is -4.60. The SMILES string of the molecule is COc1ccccc1-c1cc(C(F)(F)F)nc(N2CCN(C(c3ccccc3)c3ccccc3)CC2)n1. The summed E-state index contributed by atoms with van der Waals surface area (Å²) < 4.78 is 46.8. The van der Waals surface area contributed by atoms with E-state index in [0.717, 1.165) is 6.07 Å². The van der Waals surface area contributed by atoms with Gasteiger partial charge in [-0.25, -0.2) is 9.97 Å². The van der Waals surface area contributed by atoms with Crippen molar-refractivity contribution in [2.75, 3.05) is 38.2 Å². The second-order valence-corrected chi connectivity index (χ2v) is 8.88. The Morgan fingerprint density at radius 3 is 1.89 bits per heavy atom. The summed E-state index contributed by atoms with van der Waals surface area (Å²) in [5, 5.41) is 0. The van der Waals surface area contributed by atoms with Gasteiger partial charge in [0.1, 0.15) is 5.75 Å². The minimum absolute atomic E-state index is 0.0520. The lowest BCUT2D eigenvalue weighted by Crippen LogP contribution is -2.48. The van der Waals surface area contributed by atoms with Crippen molar-refractivity contribution in [2.24, 2.45) is 0 Å². The molecule has 37 heavy (non-hydrogen) atoms. The number of piperazine rings is 1. The van der Waals surface area contributed by atoms with Crippen molar-refractivity contribution >= 4 is 5.95 Å². The van der Waals surface area contributed by atoms with Crippen LogP contribution in [0, 0.1) is 0 Å². The maximum absolute atomic E-state index is 13.8. The minimum Gasteiger partial charge on any atom is -0.496 e. The average Bonchev–Trinajstić information content (AvgIpc) is 2.94. The second kappa shape index (κ2) is 10.6. The van der Waals surface area contributed by atoms with Crippen LogP contribution in [0.3, 0.4) is 0 Å². The summed E-state index contributed by atoms with van der Waals surface area (Å²) in [6, 6.07) is 28.5. The number of anilines is 1. The molecule has 0 atom stereocenters. The molecule has 0 unspecified atom stereocenters. The molecule has 1 aliphatic heterocycles. The van der Waals surface area contributed by atoms with Gasteiger partial charge in [-0.3, -0.25) is 4.90 Å². The van der Waals surface area contributed by atoms with Crippen molar-refractivity contribution in [2.45, 2.75) is 12.2 Å². The zero-order valence-corrected chi connectivity index (χ0v) is 20.4. The van der Waals surface area contributed by atoms with Crippen LogP contribution >= 0.6 is 0 Å². The van der Waals surface area contributed by atoms with Gasteiger partial charge in [0, 0.05) is 31.7 Å². The Morgan fingerprint density at radius 2 is 1.32 bits per heavy atom. The number of halogens is 3. The van der Waals surface area contributed by atoms with E-state index in [1.807, 2.05) is 41.3 Å². The fraction of sp³-hybridized carbons (Fsp3) is 0.241. The second-order valence-electron chi connectivity index (χ2n) is 8.88. The number of methoxy groups -OCH3 is 1. The Hall–Kier alpha value is -3.91. The van der Waals surface area contributed by atoms with Crippen molar-refractivity contribution < 1.29 is 17.9 Å². The van der Waals surface area contributed by atoms with Crippen LogP contribution in [0.25, 0.3) is 11.3 Å². The number of hydrogen-bond donors (Lipinski definition) is 0. The zero-order valence-electron chi connectivity index (χ0n) is 20.4. The number of para-hydroxylation sites is 1. The summed E-state index contributed by atoms with van der Waals surface area (Å²) in [6.45, 7) is 2.31. The van der Waals surface area contributed by atoms with Gasteiger partial charge in [0.25, 0.3) is 0 Å². The summed E-state index contributed by atoms with van der Waals surface area (Å²) in [7, 11) is 1.49. The molecule has 0 N–H and O–H groups in total. The monoisotopic (exact) mass is 504 g/mol. The van der Waals surface area contributed by atoms with E-state index >= 15 is 0 Å². The summed E-state index contributed by atoms with van der Waals surface area (Å²) >= 11 is 0. The van der Waals surface area contributed by atoms with Crippen LogP contribution in [0.1, 0.15) is 22.9 Å². The number of hydrogen-bond acceptors (Lipinski definition) is 5. The third kappa shape index (κ3) is 5.44. The molecule has 190 valence electrons. The third-order valence-electron chi connectivity index (χ3n) is 6.58. The normalized spacial score (nSPS) is 14.7. The maximum atomic E-state index is 13.8. The fourth-order valence-electron chi connectivity index (χ4n) is 4.78. The fourth-order valence-corrected chi connectivity index (χ4v) is 4.78. The number of ether oxygens (including phenoxy) is 1. The van der Waals surface area contributed by atoms with Crippen LogP contribution in [0.15, 0.2) is 91.0 Å². The van der Waals surface area contributed by atoms with Crippen LogP contribution in [-0.2, 0) is 6.18 Å². The van der Waals surface area contributed by atoms with E-state index in [1.54, 1.807) is 24.3 Å². The summed E-state index contributed by atoms with van der Waals surface area (Å²) in [4.78, 5) is 12.7. The van der Waals surface area contributed by atoms with Gasteiger partial charge in [0.2, 0.25) is 5.95 Å². The largest absolute Gasteiger partial charge is 0.496 e. The van der Waals surface area contributed by atoms with Crippen LogP contribution in [-0.4, -0.2) is 48.2 Å². The molecule has 0 radical (unpaired) electrons. The molecule has 0 bridgehead atoms. The number of alkyl halides is 3. The molecule has 0 spiro atoms. The van der Waals surface area contributed by atoms with E-state index in [0.29, 0.717) is 37.5 Å². The molecule has 1 aromatic heterocycles. The van der Waals surface area contributed by atoms with Crippen molar-refractivity contribution in [3.8, 4) is 17.0 Å². The van der Waals surface area contributed by atoms with Crippen LogP contribution < -0.4 is 9.64 Å². The van der Waals surface area contributed by atoms with E-state index in [1.165, 1.54) is 18.2 Å². The van der Waals surface area contributed by atoms with E-state index < -0.39 is 11.9 Å². The van der Waals surface area contributed by atoms with Crippen LogP contribution in [0.5, 0.6) is 5.75 Å². The molecule has 8 heteroatoms. The lowest BCUT2D eigenvalue weighted by Gasteiger charge is -2.40. The first kappa shape index (κ1) is 24.8. The molecule has 0 amide bonds. The summed E-state index contributed by atoms with van der Waals surface area (Å²) in [5.41, 5.74) is 2.06. The topological polar surface area (TPSA) is 41.5 Å². The number of nitrogens with zero attached hydrogens (tertiary/aromatic N) is 4. The van der Waals surface area contributed by atoms with Gasteiger partial charge in [-0.05, 0) is 29.3 Å². The van der Waals surface area contributed by atoms with Crippen LogP contribution in [0.2, 0.25) is 0 Å². The molecule has 0 aliphatic carbocycles. The standard InChI is InChI=1S/C29H27F3N4O/c1-37-25-15-9-8-14-23(25)24-20-26(29(30,31)32)34-28(33-24)36-18-16-35(17-19-36)27(21-10-4-2-5-11-21)22-12-6-3-7-13-22/h2-15,20,27H,16-19H2,1H3. The van der Waals surface area contributed by atoms with Gasteiger partial charge < -0.3 is 9.64 Å². The van der Waals surface area contributed by atoms with Gasteiger partial charge in [0.05, 0.1) is 18.8 Å². The van der Waals surface area contributed by atoms with Gasteiger partial charge in [-0.15, -0.1) is 0 Å². The predicted molar refractivity (Wildman–Crippen MR) is 138 cm³/mol. The highest BCUT2D eigenvalue weighted by Crippen LogP contribution is 2.35. The number of aromatic nitrogens is 2. The van der Waals surface area contributed by atoms with Crippen molar-refractivity contribution in [1.29, 1.82) is 0 Å². The Balaban J connectivity index is 1.44. The highest BCUT2D eigenvalue weighted by Gasteiger charge is 2.35. The van der Waals surface area contributed by atoms with Gasteiger partial charge in [-0.1, -0.05) is 72.8 Å². The lowest BCUT2D eigenvalue weighted by molar-refractivity contribution is -0.141. The summed E-state index contributed by atoms with van der Waals surface area (Å²) in [5.74, 6) is 0.532. The lowest BCUT2D eigenvalue weighted by atomic mass is 9.96. The number of benzene rings is 3. The predicted octanol–water partition coefficient (Wildman–Crippen LogP) is 6.08. The van der Waals surface area contributed by atoms with Crippen molar-refractivity contribution in [3.05, 3.63) is 108 Å². The molecule has 3 aromatic carbocycles. The maximum Gasteiger partial charge on any atom is 0.433 e. The Kier molecular flexibility index (Phi) is 7.10. The van der Waals surface area contributed by atoms with Gasteiger partial charge in [0.15, 0.2) is 5.69 Å². The molecule has 4 aromatic rings. The molecular weight excluding hydrogens is 477 g/mol. The van der Waals surface area contributed by atoms with Gasteiger partial charge in [-0.2, -0.15) is 13.2 Å². The Labute approximate surface area is 214 Å². The molecule has 1 aliphatic rings. The number of rotatable bonds is 6. The van der Waals surface area contributed by atoms with E-state index in [-0.39, 0.29) is 17.7 Å². The Bertz CT molecular complexity index is 1280. The highest BCUT2D eigenvalue weighted by molar-refractivity contribution is 5.68. The quantitative estimate of drug-likeness (QED) is 0.318. The van der Waals surface area contributed by atoms with Gasteiger partial charge >= 0.3 is 6.18 Å². The first-order valence-corrected chi connectivity index (χ1v) is 12.1. The molecule has 1 fully saturated rings. The zero-order chi connectivity index (χ0) is 25.8. The van der Waals surface area contributed by atoms with Crippen molar-refractivity contribution in [1.82, 2.24) is 14.9 Å². The molecule has 2 heterocycles. The Morgan fingerprint density at radius 1 is 0.757 bits per heavy atom. The third-order valence-corrected chi connectivity index (χ3v) is 6.58. The average molecular weight is 505 g/mol. The van der Waals surface area contributed by atoms with Crippen molar-refractivity contribution in [3.63, 3.8) is 0 Å². The van der Waals surface area contributed by atoms with E-state index in [9.17, 15) is 13.2 Å². The molecule has 1 saturated heterocycles. The van der Waals surface area contributed by atoms with E-state index in [2.05, 4.69) is 39.1 Å². The minimum atomic E-state index is -4.60. The van der Waals surface area contributed by atoms with E-state index in [4.69, 9.17) is 4.74 Å². The smallest absolute Gasteiger partial charge is 0.433 e.